The minimum absolute atomic E-state index is 0.0881. The second-order valence-corrected chi connectivity index (χ2v) is 8.41. The predicted molar refractivity (Wildman–Crippen MR) is 95.2 cm³/mol. The smallest absolute Gasteiger partial charge is 0.232 e. The molecule has 126 valence electrons. The Bertz CT molecular complexity index is 839. The van der Waals surface area contributed by atoms with Crippen LogP contribution in [0.4, 0.5) is 5.69 Å². The lowest BCUT2D eigenvalue weighted by Gasteiger charge is -2.27. The number of hydrogen-bond donors (Lipinski definition) is 0. The molecule has 1 aliphatic rings. The molecule has 0 fully saturated rings. The molecule has 3 rings (SSSR count). The van der Waals surface area contributed by atoms with E-state index in [0.717, 1.165) is 4.88 Å². The van der Waals surface area contributed by atoms with Crippen molar-refractivity contribution in [1.29, 1.82) is 0 Å². The second kappa shape index (κ2) is 6.78. The molecule has 1 atom stereocenters. The van der Waals surface area contributed by atoms with Gasteiger partial charge in [-0.1, -0.05) is 6.07 Å². The van der Waals surface area contributed by atoms with Crippen LogP contribution in [-0.2, 0) is 21.1 Å². The van der Waals surface area contributed by atoms with Crippen molar-refractivity contribution in [2.24, 2.45) is 0 Å². The lowest BCUT2D eigenvalue weighted by molar-refractivity contribution is -0.118. The number of benzene rings is 1. The van der Waals surface area contributed by atoms with Crippen molar-refractivity contribution in [3.63, 3.8) is 0 Å². The maximum absolute atomic E-state index is 12.8. The maximum Gasteiger partial charge on any atom is 0.232 e. The van der Waals surface area contributed by atoms with Gasteiger partial charge in [0.25, 0.3) is 0 Å². The topological polar surface area (TPSA) is 63.7 Å². The quantitative estimate of drug-likeness (QED) is 0.819. The summed E-state index contributed by atoms with van der Waals surface area (Å²) in [5, 5.41) is 3.10. The van der Waals surface area contributed by atoms with Crippen molar-refractivity contribution in [3.05, 3.63) is 58.1 Å². The van der Waals surface area contributed by atoms with E-state index in [1.807, 2.05) is 17.5 Å². The summed E-state index contributed by atoms with van der Waals surface area (Å²) in [5.74, 6) is 0.461. The molecule has 1 amide bonds. The molecule has 0 radical (unpaired) electrons. The summed E-state index contributed by atoms with van der Waals surface area (Å²) in [6.07, 6.45) is 1.82. The van der Waals surface area contributed by atoms with Crippen LogP contribution in [-0.4, -0.2) is 33.2 Å². The third kappa shape index (κ3) is 3.68. The van der Waals surface area contributed by atoms with Gasteiger partial charge < -0.3 is 9.64 Å². The van der Waals surface area contributed by atoms with Gasteiger partial charge >= 0.3 is 0 Å². The first-order valence-corrected chi connectivity index (χ1v) is 9.97. The number of thiophene rings is 1. The van der Waals surface area contributed by atoms with E-state index < -0.39 is 15.9 Å². The molecule has 0 saturated heterocycles. The van der Waals surface area contributed by atoms with Crippen molar-refractivity contribution in [1.82, 2.24) is 0 Å². The third-order valence-electron chi connectivity index (χ3n) is 3.77. The Morgan fingerprint density at radius 1 is 1.29 bits per heavy atom. The minimum Gasteiger partial charge on any atom is -0.497 e. The number of sulfone groups is 1. The van der Waals surface area contributed by atoms with E-state index in [4.69, 9.17) is 4.74 Å². The number of amides is 1. The van der Waals surface area contributed by atoms with Crippen LogP contribution < -0.4 is 9.64 Å². The van der Waals surface area contributed by atoms with Crippen LogP contribution in [0, 0.1) is 0 Å². The SMILES string of the molecule is COc1ccc(N(C(=O)Cc2cccs2)[C@@H]2C=CS(=O)(=O)C2)cc1. The van der Waals surface area contributed by atoms with Gasteiger partial charge in [0, 0.05) is 16.0 Å². The fourth-order valence-electron chi connectivity index (χ4n) is 2.63. The number of methoxy groups -OCH3 is 1. The van der Waals surface area contributed by atoms with Crippen LogP contribution in [0.3, 0.4) is 0 Å². The fraction of sp³-hybridized carbons (Fsp3) is 0.235. The summed E-state index contributed by atoms with van der Waals surface area (Å²) in [5.41, 5.74) is 0.657. The summed E-state index contributed by atoms with van der Waals surface area (Å²) in [6.45, 7) is 0. The van der Waals surface area contributed by atoms with Gasteiger partial charge in [0.15, 0.2) is 9.84 Å². The summed E-state index contributed by atoms with van der Waals surface area (Å²) >= 11 is 1.51. The van der Waals surface area contributed by atoms with Gasteiger partial charge in [-0.3, -0.25) is 4.79 Å². The van der Waals surface area contributed by atoms with E-state index in [-0.39, 0.29) is 18.1 Å². The molecular weight excluding hydrogens is 346 g/mol. The maximum atomic E-state index is 12.8. The third-order valence-corrected chi connectivity index (χ3v) is 6.02. The number of carbonyl (C=O) groups excluding carboxylic acids is 1. The van der Waals surface area contributed by atoms with E-state index >= 15 is 0 Å². The molecule has 0 unspecified atom stereocenters. The summed E-state index contributed by atoms with van der Waals surface area (Å²) in [7, 11) is -1.68. The monoisotopic (exact) mass is 363 g/mol. The average Bonchev–Trinajstić information content (AvgIpc) is 3.18. The van der Waals surface area contributed by atoms with Crippen molar-refractivity contribution in [2.45, 2.75) is 12.5 Å². The largest absolute Gasteiger partial charge is 0.497 e. The Hall–Kier alpha value is -2.12. The number of hydrogen-bond acceptors (Lipinski definition) is 5. The first-order valence-electron chi connectivity index (χ1n) is 7.38. The highest BCUT2D eigenvalue weighted by molar-refractivity contribution is 7.94. The van der Waals surface area contributed by atoms with E-state index in [9.17, 15) is 13.2 Å². The number of carbonyl (C=O) groups is 1. The Morgan fingerprint density at radius 3 is 2.58 bits per heavy atom. The fourth-order valence-corrected chi connectivity index (χ4v) is 4.59. The highest BCUT2D eigenvalue weighted by atomic mass is 32.2. The van der Waals surface area contributed by atoms with Gasteiger partial charge in [-0.05, 0) is 41.8 Å². The number of rotatable bonds is 5. The Labute approximate surface area is 145 Å². The molecule has 24 heavy (non-hydrogen) atoms. The van der Waals surface area contributed by atoms with Crippen LogP contribution in [0.15, 0.2) is 53.3 Å². The standard InChI is InChI=1S/C17H17NO4S2/c1-22-15-6-4-13(5-7-15)18(14-8-10-24(20,21)12-14)17(19)11-16-3-2-9-23-16/h2-10,14H,11-12H2,1H3/t14-/m1/s1. The molecule has 0 saturated carbocycles. The zero-order valence-electron chi connectivity index (χ0n) is 13.1. The van der Waals surface area contributed by atoms with Crippen LogP contribution in [0.25, 0.3) is 0 Å². The Kier molecular flexibility index (Phi) is 4.73. The van der Waals surface area contributed by atoms with Crippen LogP contribution in [0.2, 0.25) is 0 Å². The second-order valence-electron chi connectivity index (χ2n) is 5.44. The molecule has 2 aromatic rings. The number of nitrogens with zero attached hydrogens (tertiary/aromatic N) is 1. The van der Waals surface area contributed by atoms with Crippen LogP contribution >= 0.6 is 11.3 Å². The summed E-state index contributed by atoms with van der Waals surface area (Å²) in [6, 6.07) is 10.4. The van der Waals surface area contributed by atoms with Crippen LogP contribution in [0.1, 0.15) is 4.88 Å². The van der Waals surface area contributed by atoms with Crippen molar-refractivity contribution >= 4 is 32.8 Å². The zero-order chi connectivity index (χ0) is 17.2. The molecule has 1 aromatic heterocycles. The Morgan fingerprint density at radius 2 is 2.04 bits per heavy atom. The molecule has 0 bridgehead atoms. The first-order chi connectivity index (χ1) is 11.5. The zero-order valence-corrected chi connectivity index (χ0v) is 14.7. The molecule has 0 aliphatic carbocycles. The lowest BCUT2D eigenvalue weighted by atomic mass is 10.2. The van der Waals surface area contributed by atoms with Gasteiger partial charge in [0.1, 0.15) is 5.75 Å². The predicted octanol–water partition coefficient (Wildman–Crippen LogP) is 2.64. The highest BCUT2D eigenvalue weighted by Crippen LogP contribution is 2.26. The Balaban J connectivity index is 1.90. The molecule has 2 heterocycles. The van der Waals surface area contributed by atoms with E-state index in [1.54, 1.807) is 42.4 Å². The van der Waals surface area contributed by atoms with Crippen molar-refractivity contribution < 1.29 is 17.9 Å². The van der Waals surface area contributed by atoms with Gasteiger partial charge in [-0.25, -0.2) is 8.42 Å². The van der Waals surface area contributed by atoms with E-state index in [1.165, 1.54) is 16.7 Å². The minimum atomic E-state index is -3.25. The molecule has 0 spiro atoms. The van der Waals surface area contributed by atoms with Gasteiger partial charge in [0.05, 0.1) is 25.3 Å². The summed E-state index contributed by atoms with van der Waals surface area (Å²) < 4.78 is 28.7. The highest BCUT2D eigenvalue weighted by Gasteiger charge is 2.31. The van der Waals surface area contributed by atoms with Gasteiger partial charge in [-0.15, -0.1) is 11.3 Å². The van der Waals surface area contributed by atoms with Crippen LogP contribution in [0.5, 0.6) is 5.75 Å². The molecule has 1 aromatic carbocycles. The lowest BCUT2D eigenvalue weighted by Crippen LogP contribution is -2.42. The molecule has 1 aliphatic heterocycles. The summed E-state index contributed by atoms with van der Waals surface area (Å²) in [4.78, 5) is 15.3. The normalized spacial score (nSPS) is 18.5. The molecular formula is C17H17NO4S2. The van der Waals surface area contributed by atoms with Crippen molar-refractivity contribution in [2.75, 3.05) is 17.8 Å². The average molecular weight is 363 g/mol. The van der Waals surface area contributed by atoms with E-state index in [2.05, 4.69) is 0 Å². The number of ether oxygens (including phenoxy) is 1. The first kappa shape index (κ1) is 16.7. The molecule has 5 nitrogen and oxygen atoms in total. The van der Waals surface area contributed by atoms with Gasteiger partial charge in [-0.2, -0.15) is 0 Å². The van der Waals surface area contributed by atoms with E-state index in [0.29, 0.717) is 11.4 Å². The van der Waals surface area contributed by atoms with Crippen molar-refractivity contribution in [3.8, 4) is 5.75 Å². The molecule has 7 heteroatoms. The molecule has 0 N–H and O–H groups in total. The van der Waals surface area contributed by atoms with Gasteiger partial charge in [0.2, 0.25) is 5.91 Å². The number of anilines is 1.